The Kier molecular flexibility index (Phi) is 4.82. The van der Waals surface area contributed by atoms with Crippen molar-refractivity contribution in [2.24, 2.45) is 0 Å². The molecule has 0 atom stereocenters. The summed E-state index contributed by atoms with van der Waals surface area (Å²) in [5, 5.41) is 3.71. The summed E-state index contributed by atoms with van der Waals surface area (Å²) in [7, 11) is 1.67. The number of carbonyl (C=O) groups excluding carboxylic acids is 2. The topological polar surface area (TPSA) is 62.3 Å². The van der Waals surface area contributed by atoms with Crippen molar-refractivity contribution in [1.29, 1.82) is 0 Å². The molecule has 4 rings (SSSR count). The van der Waals surface area contributed by atoms with E-state index in [9.17, 15) is 9.59 Å². The second-order valence-corrected chi connectivity index (χ2v) is 7.36. The van der Waals surface area contributed by atoms with E-state index in [0.29, 0.717) is 5.56 Å². The van der Waals surface area contributed by atoms with Crippen LogP contribution in [0.15, 0.2) is 48.5 Å². The molecule has 0 saturated heterocycles. The van der Waals surface area contributed by atoms with Gasteiger partial charge in [-0.15, -0.1) is 0 Å². The Bertz CT molecular complexity index is 1060. The molecule has 2 aromatic carbocycles. The van der Waals surface area contributed by atoms with Gasteiger partial charge in [0.05, 0.1) is 17.6 Å². The van der Waals surface area contributed by atoms with Gasteiger partial charge in [-0.05, 0) is 49.9 Å². The number of carbonyl (C=O) groups is 2. The zero-order valence-electron chi connectivity index (χ0n) is 16.2. The maximum Gasteiger partial charge on any atom is 0.255 e. The number of anilines is 1. The number of para-hydroxylation sites is 1. The van der Waals surface area contributed by atoms with E-state index >= 15 is 0 Å². The number of nitrogens with zero attached hydrogens (tertiary/aromatic N) is 2. The number of amides is 2. The smallest absolute Gasteiger partial charge is 0.255 e. The lowest BCUT2D eigenvalue weighted by Gasteiger charge is -2.20. The van der Waals surface area contributed by atoms with E-state index in [-0.39, 0.29) is 18.4 Å². The van der Waals surface area contributed by atoms with Crippen molar-refractivity contribution in [3.8, 4) is 0 Å². The molecule has 1 aromatic heterocycles. The van der Waals surface area contributed by atoms with Crippen LogP contribution < -0.4 is 5.32 Å². The summed E-state index contributed by atoms with van der Waals surface area (Å²) in [6.07, 6.45) is 2.77. The largest absolute Gasteiger partial charge is 0.332 e. The van der Waals surface area contributed by atoms with Crippen LogP contribution in [0.5, 0.6) is 0 Å². The average Bonchev–Trinajstić information content (AvgIpc) is 3.15. The van der Waals surface area contributed by atoms with E-state index in [0.717, 1.165) is 52.7 Å². The Balaban J connectivity index is 1.57. The zero-order valence-corrected chi connectivity index (χ0v) is 16.2. The predicted molar refractivity (Wildman–Crippen MR) is 111 cm³/mol. The first-order valence-corrected chi connectivity index (χ1v) is 9.55. The number of benzene rings is 2. The molecular formula is C23H23N3O2. The highest BCUT2D eigenvalue weighted by Gasteiger charge is 2.26. The van der Waals surface area contributed by atoms with Gasteiger partial charge in [-0.1, -0.05) is 35.9 Å². The maximum absolute atomic E-state index is 13.3. The molecule has 5 heteroatoms. The van der Waals surface area contributed by atoms with Gasteiger partial charge in [-0.2, -0.15) is 0 Å². The standard InChI is InChI=1S/C23H23N3O2/c1-15-10-12-16(13-11-15)24-21(27)14-26(2)23(28)22-17-6-3-4-8-19(17)25-20-9-5-7-18(20)22/h3-4,6,8,10-13H,5,7,9,14H2,1-2H3,(H,24,27). The van der Waals surface area contributed by atoms with Crippen LogP contribution in [-0.4, -0.2) is 35.3 Å². The molecule has 0 bridgehead atoms. The maximum atomic E-state index is 13.3. The molecule has 1 heterocycles. The van der Waals surface area contributed by atoms with Crippen molar-refractivity contribution in [2.75, 3.05) is 18.9 Å². The highest BCUT2D eigenvalue weighted by atomic mass is 16.2. The number of hydrogen-bond acceptors (Lipinski definition) is 3. The van der Waals surface area contributed by atoms with Gasteiger partial charge in [0.1, 0.15) is 0 Å². The van der Waals surface area contributed by atoms with Crippen LogP contribution in [-0.2, 0) is 17.6 Å². The van der Waals surface area contributed by atoms with Crippen molar-refractivity contribution in [1.82, 2.24) is 9.88 Å². The van der Waals surface area contributed by atoms with Crippen LogP contribution in [0.1, 0.15) is 33.6 Å². The van der Waals surface area contributed by atoms with Gasteiger partial charge in [0.25, 0.3) is 5.91 Å². The lowest BCUT2D eigenvalue weighted by atomic mass is 10.00. The Morgan fingerprint density at radius 3 is 2.61 bits per heavy atom. The zero-order chi connectivity index (χ0) is 19.7. The lowest BCUT2D eigenvalue weighted by Crippen LogP contribution is -2.35. The fraction of sp³-hybridized carbons (Fsp3) is 0.261. The Hall–Kier alpha value is -3.21. The number of fused-ring (bicyclic) bond motifs is 2. The first-order chi connectivity index (χ1) is 13.5. The molecule has 0 aliphatic heterocycles. The summed E-state index contributed by atoms with van der Waals surface area (Å²) >= 11 is 0. The Labute approximate surface area is 164 Å². The molecular weight excluding hydrogens is 350 g/mol. The molecule has 0 unspecified atom stereocenters. The van der Waals surface area contributed by atoms with Gasteiger partial charge in [0, 0.05) is 23.8 Å². The van der Waals surface area contributed by atoms with Crippen LogP contribution in [0.2, 0.25) is 0 Å². The number of nitrogens with one attached hydrogen (secondary N) is 1. The van der Waals surface area contributed by atoms with Crippen molar-refractivity contribution >= 4 is 28.4 Å². The number of pyridine rings is 1. The average molecular weight is 373 g/mol. The Morgan fingerprint density at radius 1 is 1.07 bits per heavy atom. The fourth-order valence-electron chi connectivity index (χ4n) is 3.77. The van der Waals surface area contributed by atoms with Crippen LogP contribution in [0.3, 0.4) is 0 Å². The normalized spacial score (nSPS) is 12.6. The van der Waals surface area contributed by atoms with Gasteiger partial charge in [0.2, 0.25) is 5.91 Å². The van der Waals surface area contributed by atoms with Crippen molar-refractivity contribution in [3.05, 3.63) is 70.9 Å². The SMILES string of the molecule is Cc1ccc(NC(=O)CN(C)C(=O)c2c3c(nc4ccccc24)CCC3)cc1. The van der Waals surface area contributed by atoms with E-state index in [1.165, 1.54) is 4.90 Å². The van der Waals surface area contributed by atoms with Gasteiger partial charge in [-0.25, -0.2) is 0 Å². The first kappa shape index (κ1) is 18.2. The van der Waals surface area contributed by atoms with Gasteiger partial charge >= 0.3 is 0 Å². The minimum atomic E-state index is -0.213. The van der Waals surface area contributed by atoms with Crippen molar-refractivity contribution in [3.63, 3.8) is 0 Å². The van der Waals surface area contributed by atoms with Crippen LogP contribution in [0.4, 0.5) is 5.69 Å². The number of likely N-dealkylation sites (N-methyl/N-ethyl adjacent to an activating group) is 1. The van der Waals surface area contributed by atoms with Gasteiger partial charge in [-0.3, -0.25) is 14.6 Å². The summed E-state index contributed by atoms with van der Waals surface area (Å²) in [4.78, 5) is 31.9. The van der Waals surface area contributed by atoms with Crippen LogP contribution >= 0.6 is 0 Å². The van der Waals surface area contributed by atoms with Crippen molar-refractivity contribution < 1.29 is 9.59 Å². The van der Waals surface area contributed by atoms with Crippen molar-refractivity contribution in [2.45, 2.75) is 26.2 Å². The molecule has 0 saturated carbocycles. The minimum Gasteiger partial charge on any atom is -0.332 e. The lowest BCUT2D eigenvalue weighted by molar-refractivity contribution is -0.116. The molecule has 0 fully saturated rings. The molecule has 1 aliphatic carbocycles. The summed E-state index contributed by atoms with van der Waals surface area (Å²) in [6.45, 7) is 1.99. The molecule has 2 amide bonds. The third-order valence-electron chi connectivity index (χ3n) is 5.20. The summed E-state index contributed by atoms with van der Waals surface area (Å²) in [5.41, 5.74) is 5.44. The third kappa shape index (κ3) is 3.48. The molecule has 0 radical (unpaired) electrons. The third-order valence-corrected chi connectivity index (χ3v) is 5.20. The molecule has 0 spiro atoms. The second-order valence-electron chi connectivity index (χ2n) is 7.36. The molecule has 142 valence electrons. The molecule has 3 aromatic rings. The molecule has 28 heavy (non-hydrogen) atoms. The number of aryl methyl sites for hydroxylation is 2. The van der Waals surface area contributed by atoms with Gasteiger partial charge in [0.15, 0.2) is 0 Å². The minimum absolute atomic E-state index is 0.00185. The quantitative estimate of drug-likeness (QED) is 0.758. The summed E-state index contributed by atoms with van der Waals surface area (Å²) in [5.74, 6) is -0.342. The van der Waals surface area contributed by atoms with Crippen LogP contribution in [0, 0.1) is 6.92 Å². The summed E-state index contributed by atoms with van der Waals surface area (Å²) < 4.78 is 0. The fourth-order valence-corrected chi connectivity index (χ4v) is 3.77. The van der Waals surface area contributed by atoms with E-state index in [1.54, 1.807) is 7.05 Å². The monoisotopic (exact) mass is 373 g/mol. The Morgan fingerprint density at radius 2 is 1.82 bits per heavy atom. The molecule has 1 N–H and O–H groups in total. The molecule has 1 aliphatic rings. The van der Waals surface area contributed by atoms with E-state index in [1.807, 2.05) is 55.5 Å². The van der Waals surface area contributed by atoms with E-state index in [2.05, 4.69) is 5.32 Å². The van der Waals surface area contributed by atoms with Crippen LogP contribution in [0.25, 0.3) is 10.9 Å². The number of aromatic nitrogens is 1. The number of rotatable bonds is 4. The summed E-state index contributed by atoms with van der Waals surface area (Å²) in [6, 6.07) is 15.3. The predicted octanol–water partition coefficient (Wildman–Crippen LogP) is 3.74. The van der Waals surface area contributed by atoms with Gasteiger partial charge < -0.3 is 10.2 Å². The highest BCUT2D eigenvalue weighted by Crippen LogP contribution is 2.30. The van der Waals surface area contributed by atoms with E-state index in [4.69, 9.17) is 4.98 Å². The highest BCUT2D eigenvalue weighted by molar-refractivity contribution is 6.09. The second kappa shape index (κ2) is 7.43. The molecule has 5 nitrogen and oxygen atoms in total. The first-order valence-electron chi connectivity index (χ1n) is 9.55. The number of hydrogen-bond donors (Lipinski definition) is 1. The van der Waals surface area contributed by atoms with E-state index < -0.39 is 0 Å².